The van der Waals surface area contributed by atoms with Crippen LogP contribution in [0.3, 0.4) is 0 Å². The predicted molar refractivity (Wildman–Crippen MR) is 217 cm³/mol. The maximum atomic E-state index is 14.9. The number of nitrogens with one attached hydrogen (secondary N) is 3. The summed E-state index contributed by atoms with van der Waals surface area (Å²) in [6, 6.07) is 3.91. The van der Waals surface area contributed by atoms with Gasteiger partial charge in [-0.1, -0.05) is 45.4 Å². The third-order valence-electron chi connectivity index (χ3n) is 12.1. The van der Waals surface area contributed by atoms with Crippen molar-refractivity contribution in [3.05, 3.63) is 48.3 Å². The highest BCUT2D eigenvalue weighted by Gasteiger charge is 2.63. The Morgan fingerprint density at radius 2 is 1.88 bits per heavy atom. The normalized spacial score (nSPS) is 29.3. The van der Waals surface area contributed by atoms with Crippen molar-refractivity contribution in [2.75, 3.05) is 6.54 Å². The van der Waals surface area contributed by atoms with Crippen LogP contribution in [0.15, 0.2) is 42.7 Å². The molecule has 0 radical (unpaired) electrons. The number of carbonyl (C=O) groups is 4. The molecule has 2 aliphatic heterocycles. The Morgan fingerprint density at radius 1 is 1.12 bits per heavy atom. The molecule has 2 aromatic heterocycles. The van der Waals surface area contributed by atoms with Gasteiger partial charge in [-0.3, -0.25) is 23.5 Å². The zero-order valence-corrected chi connectivity index (χ0v) is 35.4. The molecule has 314 valence electrons. The lowest BCUT2D eigenvalue weighted by Crippen LogP contribution is -2.59. The second-order valence-electron chi connectivity index (χ2n) is 18.2. The Hall–Kier alpha value is -4.73. The number of sulfonamides is 1. The number of rotatable bonds is 8. The summed E-state index contributed by atoms with van der Waals surface area (Å²) in [6.45, 7) is 12.9. The summed E-state index contributed by atoms with van der Waals surface area (Å²) in [4.78, 5) is 67.5. The third kappa shape index (κ3) is 8.39. The van der Waals surface area contributed by atoms with E-state index in [1.807, 2.05) is 41.8 Å². The van der Waals surface area contributed by atoms with Gasteiger partial charge < -0.3 is 25.0 Å². The van der Waals surface area contributed by atoms with Crippen molar-refractivity contribution >= 4 is 50.5 Å². The van der Waals surface area contributed by atoms with Crippen molar-refractivity contribution in [1.82, 2.24) is 34.6 Å². The molecule has 3 N–H and O–H groups in total. The van der Waals surface area contributed by atoms with E-state index in [4.69, 9.17) is 14.5 Å². The van der Waals surface area contributed by atoms with Crippen LogP contribution in [-0.4, -0.2) is 92.1 Å². The molecule has 0 spiro atoms. The van der Waals surface area contributed by atoms with Crippen LogP contribution in [-0.2, 0) is 35.6 Å². The first-order chi connectivity index (χ1) is 27.3. The van der Waals surface area contributed by atoms with Gasteiger partial charge >= 0.3 is 6.09 Å². The van der Waals surface area contributed by atoms with Crippen molar-refractivity contribution in [3.63, 3.8) is 0 Å². The number of amides is 4. The van der Waals surface area contributed by atoms with Gasteiger partial charge in [0.2, 0.25) is 33.5 Å². The minimum atomic E-state index is -4.01. The van der Waals surface area contributed by atoms with E-state index in [1.54, 1.807) is 33.9 Å². The van der Waals surface area contributed by atoms with Crippen LogP contribution >= 0.6 is 0 Å². The molecule has 0 bridgehead atoms. The van der Waals surface area contributed by atoms with Crippen LogP contribution in [0.1, 0.15) is 105 Å². The van der Waals surface area contributed by atoms with Crippen LogP contribution in [0.5, 0.6) is 5.88 Å². The number of benzene rings is 1. The molecule has 2 saturated carbocycles. The van der Waals surface area contributed by atoms with Crippen molar-refractivity contribution in [3.8, 4) is 5.88 Å². The van der Waals surface area contributed by atoms with Crippen LogP contribution in [0.4, 0.5) is 4.79 Å². The Balaban J connectivity index is 1.25. The number of fused-ring (bicyclic) bond motifs is 5. The molecule has 3 aromatic rings. The second kappa shape index (κ2) is 15.5. The van der Waals surface area contributed by atoms with Crippen LogP contribution in [0.2, 0.25) is 0 Å². The van der Waals surface area contributed by atoms with Gasteiger partial charge in [-0.2, -0.15) is 4.98 Å². The van der Waals surface area contributed by atoms with Gasteiger partial charge in [0, 0.05) is 24.7 Å². The summed E-state index contributed by atoms with van der Waals surface area (Å²) in [5.41, 5.74) is -0.428. The SMILES string of the molecule is CCCc1ccc2c(c1)c(O[C@@H]1C[C@H]3C(=O)N[C@]4(C(=O)NS(=O)(=O)C5(C)CC5)C[C@H]4/C=C\CC[C@H](C)C[C@@H](C)[C@H](NC(=O)OC(C)(C)C)C(=O)N3C1)nc1nccn12. The number of aromatic nitrogens is 3. The van der Waals surface area contributed by atoms with Crippen LogP contribution < -0.4 is 20.1 Å². The molecule has 15 nitrogen and oxygen atoms in total. The van der Waals surface area contributed by atoms with Gasteiger partial charge in [0.05, 0.1) is 22.2 Å². The number of allylic oxidation sites excluding steroid dienone is 1. The first-order valence-electron chi connectivity index (χ1n) is 20.6. The number of carbonyl (C=O) groups excluding carboxylic acids is 4. The Bertz CT molecular complexity index is 2250. The van der Waals surface area contributed by atoms with E-state index in [1.165, 1.54) is 4.90 Å². The maximum Gasteiger partial charge on any atom is 0.408 e. The second-order valence-corrected chi connectivity index (χ2v) is 20.4. The number of ether oxygens (including phenoxy) is 2. The first kappa shape index (κ1) is 41.4. The fraction of sp³-hybridized carbons (Fsp3) is 0.619. The lowest BCUT2D eigenvalue weighted by atomic mass is 9.88. The molecule has 0 unspecified atom stereocenters. The van der Waals surface area contributed by atoms with Gasteiger partial charge in [0.15, 0.2) is 0 Å². The lowest BCUT2D eigenvalue weighted by Gasteiger charge is -2.33. The van der Waals surface area contributed by atoms with Gasteiger partial charge in [-0.15, -0.1) is 0 Å². The summed E-state index contributed by atoms with van der Waals surface area (Å²) < 4.78 is 41.9. The predicted octanol–water partition coefficient (Wildman–Crippen LogP) is 4.96. The van der Waals surface area contributed by atoms with E-state index in [9.17, 15) is 27.6 Å². The zero-order valence-electron chi connectivity index (χ0n) is 34.5. The fourth-order valence-electron chi connectivity index (χ4n) is 8.41. The summed E-state index contributed by atoms with van der Waals surface area (Å²) >= 11 is 0. The quantitative estimate of drug-likeness (QED) is 0.262. The lowest BCUT2D eigenvalue weighted by molar-refractivity contribution is -0.142. The molecule has 2 aliphatic carbocycles. The van der Waals surface area contributed by atoms with Gasteiger partial charge in [-0.05, 0) is 102 Å². The van der Waals surface area contributed by atoms with Crippen LogP contribution in [0.25, 0.3) is 16.7 Å². The monoisotopic (exact) mass is 819 g/mol. The summed E-state index contributed by atoms with van der Waals surface area (Å²) in [6.07, 6.45) is 10.8. The number of imidazole rings is 1. The average Bonchev–Trinajstić information content (AvgIpc) is 3.93. The molecule has 58 heavy (non-hydrogen) atoms. The number of hydrogen-bond acceptors (Lipinski definition) is 10. The fourth-order valence-corrected chi connectivity index (χ4v) is 9.72. The summed E-state index contributed by atoms with van der Waals surface area (Å²) in [5.74, 6) is -1.84. The summed E-state index contributed by atoms with van der Waals surface area (Å²) in [7, 11) is -4.01. The van der Waals surface area contributed by atoms with E-state index < -0.39 is 73.8 Å². The molecule has 7 rings (SSSR count). The molecule has 4 aliphatic rings. The summed E-state index contributed by atoms with van der Waals surface area (Å²) in [5, 5.41) is 6.51. The maximum absolute atomic E-state index is 14.9. The molecule has 4 heterocycles. The first-order valence-corrected chi connectivity index (χ1v) is 22.1. The van der Waals surface area contributed by atoms with Crippen molar-refractivity contribution in [1.29, 1.82) is 0 Å². The van der Waals surface area contributed by atoms with Gasteiger partial charge in [0.1, 0.15) is 29.3 Å². The minimum Gasteiger partial charge on any atom is -0.472 e. The molecule has 3 fully saturated rings. The Kier molecular flexibility index (Phi) is 11.0. The molecule has 16 heteroatoms. The number of alkyl carbamates (subject to hydrolysis) is 1. The van der Waals surface area contributed by atoms with Crippen molar-refractivity contribution in [2.45, 2.75) is 140 Å². The smallest absolute Gasteiger partial charge is 0.408 e. The van der Waals surface area contributed by atoms with Gasteiger partial charge in [-0.25, -0.2) is 18.2 Å². The highest BCUT2D eigenvalue weighted by molar-refractivity contribution is 7.91. The largest absolute Gasteiger partial charge is 0.472 e. The van der Waals surface area contributed by atoms with E-state index in [-0.39, 0.29) is 31.2 Å². The minimum absolute atomic E-state index is 0.0294. The molecular formula is C42H57N7O8S. The highest BCUT2D eigenvalue weighted by atomic mass is 32.2. The topological polar surface area (TPSA) is 190 Å². The molecule has 4 amide bonds. The molecule has 1 aromatic carbocycles. The zero-order chi connectivity index (χ0) is 41.8. The van der Waals surface area contributed by atoms with E-state index in [0.717, 1.165) is 35.7 Å². The van der Waals surface area contributed by atoms with Crippen LogP contribution in [0, 0.1) is 17.8 Å². The molecule has 1 saturated heterocycles. The van der Waals surface area contributed by atoms with Crippen molar-refractivity contribution < 1.29 is 37.1 Å². The Morgan fingerprint density at radius 3 is 2.59 bits per heavy atom. The van der Waals surface area contributed by atoms with Crippen molar-refractivity contribution in [2.24, 2.45) is 17.8 Å². The Labute approximate surface area is 340 Å². The number of aryl methyl sites for hydroxylation is 1. The van der Waals surface area contributed by atoms with E-state index in [0.29, 0.717) is 37.3 Å². The highest BCUT2D eigenvalue weighted by Crippen LogP contribution is 2.47. The average molecular weight is 820 g/mol. The molecular weight excluding hydrogens is 763 g/mol. The van der Waals surface area contributed by atoms with E-state index >= 15 is 0 Å². The number of nitrogens with zero attached hydrogens (tertiary/aromatic N) is 4. The third-order valence-corrected chi connectivity index (χ3v) is 14.3. The van der Waals surface area contributed by atoms with E-state index in [2.05, 4.69) is 40.3 Å². The number of hydrogen-bond donors (Lipinski definition) is 3. The standard InChI is InChI=1S/C42H57N7O8S/c1-8-11-27-14-15-31-30(21-27)35(45-38-43-18-19-48(31)38)56-29-22-32-34(50)46-42(37(52)47-58(54,55)41(7)16-17-41)23-28(42)13-10-9-12-25(2)20-26(3)33(36(51)49(32)24-29)44-39(53)57-40(4,5)6/h10,13-15,18-19,21,25-26,28-29,32-33H,8-9,11-12,16-17,20,22-24H2,1-7H3,(H,44,53)(H,46,50)(H,47,52)/b13-10-/t25-,26+,28+,29+,32-,33-,42+/m0/s1. The van der Waals surface area contributed by atoms with Gasteiger partial charge in [0.25, 0.3) is 5.91 Å². The molecule has 7 atom stereocenters.